The number of H-pyrrole nitrogens is 2. The molecule has 0 atom stereocenters. The average molecular weight is 265 g/mol. The lowest BCUT2D eigenvalue weighted by atomic mass is 10.2. The summed E-state index contributed by atoms with van der Waals surface area (Å²) in [5.41, 5.74) is 3.74. The Labute approximate surface area is 118 Å². The lowest BCUT2D eigenvalue weighted by molar-refractivity contribution is 1.43. The highest BCUT2D eigenvalue weighted by atomic mass is 14.7. The number of benzene rings is 2. The maximum atomic E-state index is 3.19. The Morgan fingerprint density at radius 3 is 2.20 bits per heavy atom. The molecule has 0 bridgehead atoms. The van der Waals surface area contributed by atoms with E-state index < -0.39 is 0 Å². The first kappa shape index (κ1) is 13.9. The number of aromatic nitrogens is 2. The van der Waals surface area contributed by atoms with Gasteiger partial charge in [0.1, 0.15) is 0 Å². The van der Waals surface area contributed by atoms with Crippen LogP contribution in [0.5, 0.6) is 0 Å². The zero-order valence-corrected chi connectivity index (χ0v) is 11.6. The fourth-order valence-electron chi connectivity index (χ4n) is 2.21. The maximum Gasteiger partial charge on any atom is 0.0456 e. The molecule has 0 aliphatic rings. The van der Waals surface area contributed by atoms with E-state index in [0.29, 0.717) is 0 Å². The summed E-state index contributed by atoms with van der Waals surface area (Å²) in [6.45, 7) is 2.11. The number of aryl methyl sites for hydroxylation is 1. The maximum absolute atomic E-state index is 3.19. The Morgan fingerprint density at radius 1 is 0.750 bits per heavy atom. The molecule has 2 aromatic carbocycles. The van der Waals surface area contributed by atoms with Gasteiger partial charge in [-0.25, -0.2) is 0 Å². The minimum Gasteiger partial charge on any atom is -0.361 e. The van der Waals surface area contributed by atoms with Gasteiger partial charge in [-0.3, -0.25) is 0 Å². The molecule has 3 nitrogen and oxygen atoms in total. The Balaban J connectivity index is 0.000000141. The second-order valence-corrected chi connectivity index (χ2v) is 4.58. The van der Waals surface area contributed by atoms with Gasteiger partial charge in [0.15, 0.2) is 0 Å². The molecule has 5 N–H and O–H groups in total. The van der Waals surface area contributed by atoms with Crippen LogP contribution in [0.25, 0.3) is 21.8 Å². The van der Waals surface area contributed by atoms with Crippen molar-refractivity contribution >= 4 is 21.8 Å². The third kappa shape index (κ3) is 2.73. The third-order valence-corrected chi connectivity index (χ3v) is 3.26. The second kappa shape index (κ2) is 6.08. The number of fused-ring (bicyclic) bond motifs is 2. The van der Waals surface area contributed by atoms with Crippen LogP contribution in [0.1, 0.15) is 5.56 Å². The van der Waals surface area contributed by atoms with Crippen molar-refractivity contribution in [1.82, 2.24) is 16.1 Å². The van der Waals surface area contributed by atoms with Crippen LogP contribution < -0.4 is 6.15 Å². The normalized spacial score (nSPS) is 9.85. The van der Waals surface area contributed by atoms with Gasteiger partial charge in [-0.2, -0.15) is 0 Å². The zero-order valence-electron chi connectivity index (χ0n) is 11.6. The molecule has 0 saturated carbocycles. The molecule has 4 aromatic rings. The molecule has 0 aliphatic heterocycles. The smallest absolute Gasteiger partial charge is 0.0456 e. The average Bonchev–Trinajstić information content (AvgIpc) is 3.07. The quantitative estimate of drug-likeness (QED) is 0.420. The summed E-state index contributed by atoms with van der Waals surface area (Å²) in [4.78, 5) is 6.31. The van der Waals surface area contributed by atoms with Crippen LogP contribution in [-0.4, -0.2) is 9.97 Å². The highest BCUT2D eigenvalue weighted by Gasteiger charge is 1.94. The summed E-state index contributed by atoms with van der Waals surface area (Å²) >= 11 is 0. The standard InChI is InChI=1S/C9H9N.C8H7N.H3N/c1-7-6-10-9-5-3-2-4-8(7)9;1-2-4-8-7(3-1)5-6-9-8;/h2-6,10H,1H3;1-6,9H;1H3. The Bertz CT molecular complexity index is 766. The van der Waals surface area contributed by atoms with Gasteiger partial charge in [-0.15, -0.1) is 0 Å². The number of hydrogen-bond acceptors (Lipinski definition) is 1. The van der Waals surface area contributed by atoms with E-state index in [4.69, 9.17) is 0 Å². The summed E-state index contributed by atoms with van der Waals surface area (Å²) in [6, 6.07) is 18.6. The van der Waals surface area contributed by atoms with Crippen LogP contribution in [0, 0.1) is 6.92 Å². The molecule has 20 heavy (non-hydrogen) atoms. The van der Waals surface area contributed by atoms with E-state index in [9.17, 15) is 0 Å². The molecule has 0 amide bonds. The third-order valence-electron chi connectivity index (χ3n) is 3.26. The van der Waals surface area contributed by atoms with Crippen molar-refractivity contribution in [3.8, 4) is 0 Å². The molecule has 4 rings (SSSR count). The van der Waals surface area contributed by atoms with Gasteiger partial charge in [0, 0.05) is 28.8 Å². The van der Waals surface area contributed by atoms with Crippen molar-refractivity contribution in [1.29, 1.82) is 0 Å². The van der Waals surface area contributed by atoms with Gasteiger partial charge in [-0.05, 0) is 36.1 Å². The lowest BCUT2D eigenvalue weighted by Gasteiger charge is -1.86. The predicted molar refractivity (Wildman–Crippen MR) is 86.4 cm³/mol. The summed E-state index contributed by atoms with van der Waals surface area (Å²) in [5.74, 6) is 0. The monoisotopic (exact) mass is 265 g/mol. The van der Waals surface area contributed by atoms with Crippen LogP contribution in [0.3, 0.4) is 0 Å². The fourth-order valence-corrected chi connectivity index (χ4v) is 2.21. The van der Waals surface area contributed by atoms with E-state index in [1.165, 1.54) is 27.4 Å². The Kier molecular flexibility index (Phi) is 4.23. The SMILES string of the molecule is Cc1c[nH]c2ccccc12.N.c1ccc2[nH]ccc2c1. The van der Waals surface area contributed by atoms with Crippen LogP contribution in [0.4, 0.5) is 0 Å². The molecular formula is C17H19N3. The number of rotatable bonds is 0. The molecule has 2 aromatic heterocycles. The van der Waals surface area contributed by atoms with Crippen LogP contribution in [-0.2, 0) is 0 Å². The van der Waals surface area contributed by atoms with E-state index in [0.717, 1.165) is 0 Å². The van der Waals surface area contributed by atoms with Crippen molar-refractivity contribution in [2.75, 3.05) is 0 Å². The van der Waals surface area contributed by atoms with Crippen LogP contribution >= 0.6 is 0 Å². The van der Waals surface area contributed by atoms with Gasteiger partial charge in [0.25, 0.3) is 0 Å². The minimum atomic E-state index is 0. The predicted octanol–water partition coefficient (Wildman–Crippen LogP) is 4.81. The van der Waals surface area contributed by atoms with Crippen LogP contribution in [0.15, 0.2) is 67.0 Å². The van der Waals surface area contributed by atoms with Crippen molar-refractivity contribution in [3.63, 3.8) is 0 Å². The molecule has 0 saturated heterocycles. The molecule has 0 spiro atoms. The lowest BCUT2D eigenvalue weighted by Crippen LogP contribution is -1.64. The van der Waals surface area contributed by atoms with Crippen molar-refractivity contribution < 1.29 is 0 Å². The topological polar surface area (TPSA) is 66.6 Å². The highest BCUT2D eigenvalue weighted by molar-refractivity contribution is 5.82. The number of hydrogen-bond donors (Lipinski definition) is 3. The first-order valence-electron chi connectivity index (χ1n) is 6.39. The number of nitrogens with one attached hydrogen (secondary N) is 2. The molecule has 3 heteroatoms. The number of aromatic amines is 2. The van der Waals surface area contributed by atoms with Gasteiger partial charge in [0.2, 0.25) is 0 Å². The zero-order chi connectivity index (χ0) is 13.1. The van der Waals surface area contributed by atoms with Gasteiger partial charge < -0.3 is 16.1 Å². The molecule has 102 valence electrons. The van der Waals surface area contributed by atoms with Crippen LogP contribution in [0.2, 0.25) is 0 Å². The van der Waals surface area contributed by atoms with Gasteiger partial charge in [-0.1, -0.05) is 36.4 Å². The molecule has 2 heterocycles. The Morgan fingerprint density at radius 2 is 1.45 bits per heavy atom. The molecule has 0 aliphatic carbocycles. The highest BCUT2D eigenvalue weighted by Crippen LogP contribution is 2.15. The summed E-state index contributed by atoms with van der Waals surface area (Å²) < 4.78 is 0. The summed E-state index contributed by atoms with van der Waals surface area (Å²) in [7, 11) is 0. The first-order chi connectivity index (χ1) is 9.34. The van der Waals surface area contributed by atoms with Crippen molar-refractivity contribution in [2.24, 2.45) is 0 Å². The molecule has 0 fully saturated rings. The van der Waals surface area contributed by atoms with Gasteiger partial charge >= 0.3 is 0 Å². The summed E-state index contributed by atoms with van der Waals surface area (Å²) in [5, 5.41) is 2.60. The summed E-state index contributed by atoms with van der Waals surface area (Å²) in [6.07, 6.45) is 3.98. The van der Waals surface area contributed by atoms with Crippen molar-refractivity contribution in [2.45, 2.75) is 6.92 Å². The molecular weight excluding hydrogens is 246 g/mol. The van der Waals surface area contributed by atoms with E-state index in [1.54, 1.807) is 0 Å². The fraction of sp³-hybridized carbons (Fsp3) is 0.0588. The van der Waals surface area contributed by atoms with E-state index in [2.05, 4.69) is 53.3 Å². The largest absolute Gasteiger partial charge is 0.361 e. The Hall–Kier alpha value is -2.52. The van der Waals surface area contributed by atoms with Gasteiger partial charge in [0.05, 0.1) is 0 Å². The minimum absolute atomic E-state index is 0. The second-order valence-electron chi connectivity index (χ2n) is 4.58. The molecule has 0 radical (unpaired) electrons. The number of para-hydroxylation sites is 2. The first-order valence-corrected chi connectivity index (χ1v) is 6.39. The van der Waals surface area contributed by atoms with E-state index >= 15 is 0 Å². The van der Waals surface area contributed by atoms with E-state index in [-0.39, 0.29) is 6.15 Å². The molecule has 0 unspecified atom stereocenters. The van der Waals surface area contributed by atoms with Crippen molar-refractivity contribution in [3.05, 3.63) is 72.6 Å². The van der Waals surface area contributed by atoms with E-state index in [1.807, 2.05) is 30.6 Å².